The van der Waals surface area contributed by atoms with E-state index in [-0.39, 0.29) is 29.6 Å². The Hall–Kier alpha value is -2.75. The molecule has 10 heteroatoms. The normalized spacial score (nSPS) is 23.8. The van der Waals surface area contributed by atoms with Crippen LogP contribution < -0.4 is 10.2 Å². The maximum atomic E-state index is 14.9. The first-order valence-corrected chi connectivity index (χ1v) is 10.2. The molecule has 0 bridgehead atoms. The number of benzene rings is 1. The molecule has 2 aliphatic heterocycles. The third-order valence-corrected chi connectivity index (χ3v) is 5.64. The van der Waals surface area contributed by atoms with Crippen molar-refractivity contribution in [2.24, 2.45) is 5.92 Å². The number of cyclic esters (lactones) is 1. The lowest BCUT2D eigenvalue weighted by atomic mass is 9.88. The second-order valence-electron chi connectivity index (χ2n) is 8.33. The lowest BCUT2D eigenvalue weighted by Crippen LogP contribution is -2.51. The van der Waals surface area contributed by atoms with Crippen molar-refractivity contribution in [1.82, 2.24) is 15.1 Å². The van der Waals surface area contributed by atoms with Crippen molar-refractivity contribution in [3.05, 3.63) is 29.3 Å². The topological polar surface area (TPSA) is 82.2 Å². The quantitative estimate of drug-likeness (QED) is 0.689. The van der Waals surface area contributed by atoms with E-state index in [1.165, 1.54) is 6.92 Å². The highest BCUT2D eigenvalue weighted by Gasteiger charge is 2.44. The molecule has 1 N–H and O–H groups in total. The standard InChI is InChI=1S/C21H28F2N4O4/c1-12-18(21(30)31-20(12)24-13(2)28)14-9-15(22)19(16(23)10-14)27-7-5-26(6-8-27)17(29)11-25(3)4/h9-10,12,18,20H,5-8,11H2,1-4H3,(H,24,28)/t12?,18?,20-/m1/s1. The number of hydrogen-bond donors (Lipinski definition) is 1. The van der Waals surface area contributed by atoms with Crippen LogP contribution in [0.2, 0.25) is 0 Å². The molecule has 2 heterocycles. The van der Waals surface area contributed by atoms with Gasteiger partial charge in [-0.2, -0.15) is 0 Å². The first-order valence-electron chi connectivity index (χ1n) is 10.2. The maximum absolute atomic E-state index is 14.9. The zero-order valence-electron chi connectivity index (χ0n) is 18.2. The van der Waals surface area contributed by atoms with Gasteiger partial charge in [-0.05, 0) is 31.8 Å². The van der Waals surface area contributed by atoms with Gasteiger partial charge >= 0.3 is 5.97 Å². The van der Waals surface area contributed by atoms with Crippen molar-refractivity contribution in [1.29, 1.82) is 0 Å². The molecule has 8 nitrogen and oxygen atoms in total. The zero-order valence-corrected chi connectivity index (χ0v) is 18.2. The van der Waals surface area contributed by atoms with Gasteiger partial charge in [0.2, 0.25) is 11.8 Å². The van der Waals surface area contributed by atoms with E-state index in [1.807, 2.05) is 0 Å². The summed E-state index contributed by atoms with van der Waals surface area (Å²) in [5.74, 6) is -3.92. The number of nitrogens with zero attached hydrogens (tertiary/aromatic N) is 3. The van der Waals surface area contributed by atoms with Crippen molar-refractivity contribution >= 4 is 23.5 Å². The summed E-state index contributed by atoms with van der Waals surface area (Å²) in [6.45, 7) is 4.62. The van der Waals surface area contributed by atoms with Crippen LogP contribution in [-0.4, -0.2) is 80.6 Å². The van der Waals surface area contributed by atoms with Gasteiger partial charge in [-0.25, -0.2) is 8.78 Å². The van der Waals surface area contributed by atoms with Crippen molar-refractivity contribution in [2.45, 2.75) is 26.0 Å². The van der Waals surface area contributed by atoms with Crippen LogP contribution in [0.4, 0.5) is 14.5 Å². The molecule has 0 radical (unpaired) electrons. The molecule has 2 unspecified atom stereocenters. The molecule has 0 aromatic heterocycles. The fraction of sp³-hybridized carbons (Fsp3) is 0.571. The van der Waals surface area contributed by atoms with E-state index in [0.29, 0.717) is 26.2 Å². The average molecular weight is 438 g/mol. The molecule has 2 amide bonds. The lowest BCUT2D eigenvalue weighted by molar-refractivity contribution is -0.144. The number of likely N-dealkylation sites (N-methyl/N-ethyl adjacent to an activating group) is 1. The fourth-order valence-corrected chi connectivity index (χ4v) is 4.11. The minimum absolute atomic E-state index is 0.0246. The SMILES string of the molecule is CC(=O)N[C@@H]1OC(=O)C(c2cc(F)c(N3CCN(C(=O)CN(C)C)CC3)c(F)c2)C1C. The Labute approximate surface area is 180 Å². The number of hydrogen-bond acceptors (Lipinski definition) is 6. The predicted molar refractivity (Wildman–Crippen MR) is 109 cm³/mol. The van der Waals surface area contributed by atoms with E-state index in [2.05, 4.69) is 5.32 Å². The molecule has 1 aromatic carbocycles. The van der Waals surface area contributed by atoms with E-state index in [9.17, 15) is 23.2 Å². The van der Waals surface area contributed by atoms with Crippen LogP contribution in [0.25, 0.3) is 0 Å². The first-order chi connectivity index (χ1) is 14.6. The largest absolute Gasteiger partial charge is 0.441 e. The number of nitrogens with one attached hydrogen (secondary N) is 1. The van der Waals surface area contributed by atoms with Crippen LogP contribution in [0.3, 0.4) is 0 Å². The Morgan fingerprint density at radius 2 is 1.74 bits per heavy atom. The molecule has 31 heavy (non-hydrogen) atoms. The second kappa shape index (κ2) is 9.17. The molecule has 2 saturated heterocycles. The monoisotopic (exact) mass is 438 g/mol. The Morgan fingerprint density at radius 3 is 2.26 bits per heavy atom. The first kappa shape index (κ1) is 22.9. The number of esters is 1. The number of ether oxygens (including phenoxy) is 1. The Bertz CT molecular complexity index is 848. The number of anilines is 1. The molecular weight excluding hydrogens is 410 g/mol. The summed E-state index contributed by atoms with van der Waals surface area (Å²) in [6, 6.07) is 2.31. The number of piperazine rings is 1. The maximum Gasteiger partial charge on any atom is 0.315 e. The fourth-order valence-electron chi connectivity index (χ4n) is 4.11. The number of amides is 2. The van der Waals surface area contributed by atoms with Crippen molar-refractivity contribution < 1.29 is 27.9 Å². The summed E-state index contributed by atoms with van der Waals surface area (Å²) in [4.78, 5) is 40.8. The summed E-state index contributed by atoms with van der Waals surface area (Å²) in [5.41, 5.74) is 0.00443. The van der Waals surface area contributed by atoms with Gasteiger partial charge in [0.25, 0.3) is 0 Å². The van der Waals surface area contributed by atoms with Crippen molar-refractivity contribution in [3.8, 4) is 0 Å². The summed E-state index contributed by atoms with van der Waals surface area (Å²) >= 11 is 0. The number of rotatable bonds is 5. The summed E-state index contributed by atoms with van der Waals surface area (Å²) in [6.07, 6.45) is -0.839. The van der Waals surface area contributed by atoms with Crippen LogP contribution in [-0.2, 0) is 19.1 Å². The molecule has 0 aliphatic carbocycles. The lowest BCUT2D eigenvalue weighted by Gasteiger charge is -2.37. The van der Waals surface area contributed by atoms with Crippen molar-refractivity contribution in [2.75, 3.05) is 51.7 Å². The second-order valence-corrected chi connectivity index (χ2v) is 8.33. The molecule has 0 spiro atoms. The molecule has 2 aliphatic rings. The minimum Gasteiger partial charge on any atom is -0.441 e. The predicted octanol–water partition coefficient (Wildman–Crippen LogP) is 0.914. The molecule has 0 saturated carbocycles. The number of carbonyl (C=O) groups excluding carboxylic acids is 3. The highest BCUT2D eigenvalue weighted by atomic mass is 19.1. The number of halogens is 2. The van der Waals surface area contributed by atoms with Gasteiger partial charge in [-0.15, -0.1) is 0 Å². The van der Waals surface area contributed by atoms with Gasteiger partial charge < -0.3 is 24.8 Å². The molecule has 1 aromatic rings. The van der Waals surface area contributed by atoms with Gasteiger partial charge in [0.05, 0.1) is 12.5 Å². The van der Waals surface area contributed by atoms with Gasteiger partial charge in [-0.3, -0.25) is 14.4 Å². The molecule has 2 fully saturated rings. The zero-order chi connectivity index (χ0) is 22.9. The van der Waals surface area contributed by atoms with Crippen LogP contribution in [0.15, 0.2) is 12.1 Å². The van der Waals surface area contributed by atoms with Crippen LogP contribution in [0, 0.1) is 17.6 Å². The third kappa shape index (κ3) is 4.95. The Kier molecular flexibility index (Phi) is 6.78. The van der Waals surface area contributed by atoms with Crippen LogP contribution >= 0.6 is 0 Å². The Morgan fingerprint density at radius 1 is 1.16 bits per heavy atom. The molecule has 170 valence electrons. The van der Waals surface area contributed by atoms with E-state index in [4.69, 9.17) is 4.74 Å². The van der Waals surface area contributed by atoms with Gasteiger partial charge in [-0.1, -0.05) is 6.92 Å². The van der Waals surface area contributed by atoms with Crippen LogP contribution in [0.5, 0.6) is 0 Å². The smallest absolute Gasteiger partial charge is 0.315 e. The summed E-state index contributed by atoms with van der Waals surface area (Å²) < 4.78 is 35.1. The molecule has 3 atom stereocenters. The molecule has 3 rings (SSSR count). The van der Waals surface area contributed by atoms with E-state index >= 15 is 0 Å². The van der Waals surface area contributed by atoms with Crippen molar-refractivity contribution in [3.63, 3.8) is 0 Å². The summed E-state index contributed by atoms with van der Waals surface area (Å²) in [5, 5.41) is 2.53. The molecular formula is C21H28F2N4O4. The van der Waals surface area contributed by atoms with E-state index in [1.54, 1.807) is 35.7 Å². The average Bonchev–Trinajstić information content (AvgIpc) is 2.93. The highest BCUT2D eigenvalue weighted by molar-refractivity contribution is 5.82. The summed E-state index contributed by atoms with van der Waals surface area (Å²) in [7, 11) is 3.61. The van der Waals surface area contributed by atoms with Crippen LogP contribution in [0.1, 0.15) is 25.3 Å². The number of carbonyl (C=O) groups is 3. The van der Waals surface area contributed by atoms with E-state index in [0.717, 1.165) is 12.1 Å². The highest BCUT2D eigenvalue weighted by Crippen LogP contribution is 2.38. The van der Waals surface area contributed by atoms with Gasteiger partial charge in [0, 0.05) is 39.0 Å². The van der Waals surface area contributed by atoms with Gasteiger partial charge in [0.1, 0.15) is 17.3 Å². The van der Waals surface area contributed by atoms with Gasteiger partial charge in [0.15, 0.2) is 6.23 Å². The van der Waals surface area contributed by atoms with E-state index < -0.39 is 35.7 Å². The minimum atomic E-state index is -0.879. The Balaban J connectivity index is 1.74. The third-order valence-electron chi connectivity index (χ3n) is 5.64.